The van der Waals surface area contributed by atoms with E-state index in [1.54, 1.807) is 49.1 Å². The number of carbonyl (C=O) groups is 1. The molecule has 6 heteroatoms. The van der Waals surface area contributed by atoms with Crippen LogP contribution in [0.25, 0.3) is 5.65 Å². The van der Waals surface area contributed by atoms with Crippen molar-refractivity contribution >= 4 is 17.2 Å². The molecule has 2 aromatic heterocycles. The lowest BCUT2D eigenvalue weighted by molar-refractivity contribution is 0.0987. The first-order valence-corrected chi connectivity index (χ1v) is 6.82. The van der Waals surface area contributed by atoms with Gasteiger partial charge in [0, 0.05) is 25.1 Å². The van der Waals surface area contributed by atoms with E-state index in [-0.39, 0.29) is 11.7 Å². The van der Waals surface area contributed by atoms with Crippen molar-refractivity contribution in [1.82, 2.24) is 14.6 Å². The molecule has 0 aliphatic heterocycles. The molecular weight excluding hydrogens is 283 g/mol. The fourth-order valence-corrected chi connectivity index (χ4v) is 2.31. The second-order valence-corrected chi connectivity index (χ2v) is 5.21. The second-order valence-electron chi connectivity index (χ2n) is 5.21. The topological polar surface area (TPSA) is 50.5 Å². The number of aryl methyl sites for hydroxylation is 2. The van der Waals surface area contributed by atoms with Crippen molar-refractivity contribution in [1.29, 1.82) is 0 Å². The zero-order valence-electron chi connectivity index (χ0n) is 12.5. The van der Waals surface area contributed by atoms with Crippen molar-refractivity contribution in [2.24, 2.45) is 0 Å². The molecule has 0 unspecified atom stereocenters. The molecule has 1 amide bonds. The van der Waals surface area contributed by atoms with Gasteiger partial charge in [0.1, 0.15) is 11.5 Å². The van der Waals surface area contributed by atoms with E-state index in [4.69, 9.17) is 0 Å². The van der Waals surface area contributed by atoms with Crippen molar-refractivity contribution in [2.75, 3.05) is 11.9 Å². The molecule has 0 spiro atoms. The number of imidazole rings is 1. The maximum atomic E-state index is 13.4. The van der Waals surface area contributed by atoms with Gasteiger partial charge in [0.2, 0.25) is 0 Å². The number of rotatable bonds is 2. The maximum absolute atomic E-state index is 13.4. The van der Waals surface area contributed by atoms with Crippen molar-refractivity contribution in [3.8, 4) is 0 Å². The Kier molecular flexibility index (Phi) is 3.36. The Balaban J connectivity index is 1.98. The Labute approximate surface area is 127 Å². The summed E-state index contributed by atoms with van der Waals surface area (Å²) in [6.45, 7) is 3.54. The van der Waals surface area contributed by atoms with Gasteiger partial charge in [-0.25, -0.2) is 13.9 Å². The molecule has 22 heavy (non-hydrogen) atoms. The van der Waals surface area contributed by atoms with Gasteiger partial charge >= 0.3 is 0 Å². The molecule has 0 atom stereocenters. The molecule has 0 radical (unpaired) electrons. The van der Waals surface area contributed by atoms with Crippen LogP contribution in [0.4, 0.5) is 10.1 Å². The molecule has 1 aromatic carbocycles. The highest BCUT2D eigenvalue weighted by atomic mass is 19.1. The SMILES string of the molecule is Cc1cc(N(C)C(=O)c2cc(C)c3nccn3n2)ccc1F. The molecule has 3 aromatic rings. The van der Waals surface area contributed by atoms with Gasteiger partial charge in [0.15, 0.2) is 5.65 Å². The number of nitrogens with zero attached hydrogens (tertiary/aromatic N) is 4. The minimum Gasteiger partial charge on any atom is -0.310 e. The maximum Gasteiger partial charge on any atom is 0.278 e. The Morgan fingerprint density at radius 3 is 2.73 bits per heavy atom. The van der Waals surface area contributed by atoms with Gasteiger partial charge < -0.3 is 4.90 Å². The first-order chi connectivity index (χ1) is 10.5. The van der Waals surface area contributed by atoms with Crippen molar-refractivity contribution in [3.63, 3.8) is 0 Å². The van der Waals surface area contributed by atoms with Crippen LogP contribution in [0.15, 0.2) is 36.7 Å². The van der Waals surface area contributed by atoms with Crippen molar-refractivity contribution in [3.05, 3.63) is 59.3 Å². The highest BCUT2D eigenvalue weighted by Gasteiger charge is 2.17. The van der Waals surface area contributed by atoms with Crippen molar-refractivity contribution < 1.29 is 9.18 Å². The monoisotopic (exact) mass is 298 g/mol. The van der Waals surface area contributed by atoms with Crippen LogP contribution in [0.3, 0.4) is 0 Å². The summed E-state index contributed by atoms with van der Waals surface area (Å²) in [5, 5.41) is 4.27. The van der Waals surface area contributed by atoms with Gasteiger partial charge in [0.05, 0.1) is 0 Å². The zero-order chi connectivity index (χ0) is 15.9. The summed E-state index contributed by atoms with van der Waals surface area (Å²) in [6, 6.07) is 6.27. The third-order valence-electron chi connectivity index (χ3n) is 3.60. The predicted molar refractivity (Wildman–Crippen MR) is 81.6 cm³/mol. The lowest BCUT2D eigenvalue weighted by atomic mass is 10.2. The second kappa shape index (κ2) is 5.22. The number of amides is 1. The average Bonchev–Trinajstić information content (AvgIpc) is 2.97. The standard InChI is InChI=1S/C16H15FN4O/c1-10-8-12(4-5-13(10)17)20(3)16(22)14-9-11(2)15-18-6-7-21(15)19-14/h4-9H,1-3H3. The van der Waals surface area contributed by atoms with Crippen LogP contribution in [0, 0.1) is 19.7 Å². The lowest BCUT2D eigenvalue weighted by Gasteiger charge is -2.18. The Morgan fingerprint density at radius 1 is 1.23 bits per heavy atom. The van der Waals surface area contributed by atoms with E-state index in [9.17, 15) is 9.18 Å². The molecule has 0 saturated carbocycles. The predicted octanol–water partition coefficient (Wildman–Crippen LogP) is 2.76. The molecule has 0 N–H and O–H groups in total. The highest BCUT2D eigenvalue weighted by molar-refractivity contribution is 6.04. The smallest absolute Gasteiger partial charge is 0.278 e. The first kappa shape index (κ1) is 14.2. The molecule has 0 bridgehead atoms. The van der Waals surface area contributed by atoms with Crippen LogP contribution in [0.1, 0.15) is 21.6 Å². The number of fused-ring (bicyclic) bond motifs is 1. The molecule has 5 nitrogen and oxygen atoms in total. The third-order valence-corrected chi connectivity index (χ3v) is 3.60. The number of benzene rings is 1. The van der Waals surface area contributed by atoms with E-state index in [0.717, 1.165) is 11.2 Å². The van der Waals surface area contributed by atoms with Gasteiger partial charge in [-0.2, -0.15) is 5.10 Å². The van der Waals surface area contributed by atoms with E-state index in [2.05, 4.69) is 10.1 Å². The van der Waals surface area contributed by atoms with Gasteiger partial charge in [0.25, 0.3) is 5.91 Å². The molecule has 0 fully saturated rings. The number of halogens is 1. The normalized spacial score (nSPS) is 10.9. The summed E-state index contributed by atoms with van der Waals surface area (Å²) in [4.78, 5) is 18.2. The minimum atomic E-state index is -0.293. The van der Waals surface area contributed by atoms with Crippen LogP contribution < -0.4 is 4.90 Å². The molecule has 0 aliphatic rings. The number of carbonyl (C=O) groups excluding carboxylic acids is 1. The Hall–Kier alpha value is -2.76. The fraction of sp³-hybridized carbons (Fsp3) is 0.188. The quantitative estimate of drug-likeness (QED) is 0.731. The minimum absolute atomic E-state index is 0.260. The molecule has 0 saturated heterocycles. The zero-order valence-corrected chi connectivity index (χ0v) is 12.5. The third kappa shape index (κ3) is 2.32. The van der Waals surface area contributed by atoms with Crippen LogP contribution in [0.2, 0.25) is 0 Å². The summed E-state index contributed by atoms with van der Waals surface area (Å²) in [6.07, 6.45) is 3.33. The largest absolute Gasteiger partial charge is 0.310 e. The Morgan fingerprint density at radius 2 is 2.00 bits per heavy atom. The summed E-state index contributed by atoms with van der Waals surface area (Å²) in [7, 11) is 1.64. The van der Waals surface area contributed by atoms with Gasteiger partial charge in [-0.05, 0) is 49.2 Å². The van der Waals surface area contributed by atoms with E-state index in [1.165, 1.54) is 11.0 Å². The molecule has 112 valence electrons. The summed E-state index contributed by atoms with van der Waals surface area (Å²) >= 11 is 0. The van der Waals surface area contributed by atoms with E-state index >= 15 is 0 Å². The molecular formula is C16H15FN4O. The first-order valence-electron chi connectivity index (χ1n) is 6.82. The van der Waals surface area contributed by atoms with Crippen LogP contribution in [-0.4, -0.2) is 27.6 Å². The van der Waals surface area contributed by atoms with Gasteiger partial charge in [-0.3, -0.25) is 4.79 Å². The van der Waals surface area contributed by atoms with E-state index in [0.29, 0.717) is 16.9 Å². The lowest BCUT2D eigenvalue weighted by Crippen LogP contribution is -2.28. The summed E-state index contributed by atoms with van der Waals surface area (Å²) in [5.41, 5.74) is 3.01. The molecule has 2 heterocycles. The average molecular weight is 298 g/mol. The molecule has 0 aliphatic carbocycles. The molecule has 3 rings (SSSR count). The van der Waals surface area contributed by atoms with Gasteiger partial charge in [-0.1, -0.05) is 0 Å². The van der Waals surface area contributed by atoms with Gasteiger partial charge in [-0.15, -0.1) is 0 Å². The van der Waals surface area contributed by atoms with E-state index in [1.807, 2.05) is 6.92 Å². The van der Waals surface area contributed by atoms with E-state index < -0.39 is 0 Å². The summed E-state index contributed by atoms with van der Waals surface area (Å²) < 4.78 is 14.9. The number of hydrogen-bond donors (Lipinski definition) is 0. The highest BCUT2D eigenvalue weighted by Crippen LogP contribution is 2.19. The number of aromatic nitrogens is 3. The van der Waals surface area contributed by atoms with Crippen molar-refractivity contribution in [2.45, 2.75) is 13.8 Å². The number of anilines is 1. The summed E-state index contributed by atoms with van der Waals surface area (Å²) in [5.74, 6) is -0.553. The van der Waals surface area contributed by atoms with Crippen LogP contribution in [0.5, 0.6) is 0 Å². The Bertz CT molecular complexity index is 872. The van der Waals surface area contributed by atoms with Crippen LogP contribution in [-0.2, 0) is 0 Å². The fourth-order valence-electron chi connectivity index (χ4n) is 2.31. The van der Waals surface area contributed by atoms with Crippen LogP contribution >= 0.6 is 0 Å². The number of hydrogen-bond acceptors (Lipinski definition) is 3.